The molecule has 1 amide bonds. The van der Waals surface area contributed by atoms with E-state index >= 15 is 4.39 Å². The predicted molar refractivity (Wildman–Crippen MR) is 140 cm³/mol. The number of halogens is 1. The number of carbonyl (C=O) groups excluding carboxylic acids is 1. The quantitative estimate of drug-likeness (QED) is 0.334. The van der Waals surface area contributed by atoms with E-state index in [1.165, 1.54) is 6.07 Å². The van der Waals surface area contributed by atoms with Crippen molar-refractivity contribution in [1.29, 1.82) is 0 Å². The van der Waals surface area contributed by atoms with Gasteiger partial charge in [-0.2, -0.15) is 0 Å². The van der Waals surface area contributed by atoms with Crippen LogP contribution in [0.2, 0.25) is 0 Å². The molecule has 2 atom stereocenters. The van der Waals surface area contributed by atoms with E-state index in [0.717, 1.165) is 23.4 Å². The molecule has 2 unspecified atom stereocenters. The lowest BCUT2D eigenvalue weighted by atomic mass is 9.77. The number of rotatable bonds is 9. The van der Waals surface area contributed by atoms with Crippen LogP contribution in [0.3, 0.4) is 0 Å². The van der Waals surface area contributed by atoms with E-state index in [0.29, 0.717) is 36.8 Å². The number of hydrogen-bond donors (Lipinski definition) is 1. The van der Waals surface area contributed by atoms with Crippen LogP contribution in [0.25, 0.3) is 5.69 Å². The van der Waals surface area contributed by atoms with Gasteiger partial charge in [-0.05, 0) is 86.8 Å². The standard InChI is InChI=1S/C28H33FN3O2P/c1-3-6-24(19-35)32(18-21-10-13-30-26(15-21)28(34)11-5-12-28)27(33)16-22-8-9-23(17-25(22)29)31-14-4-7-20(31)2/h3-4,6-10,13-15,17,24,34H,5,11-12,16,18-19,35H2,1-2H3/b6-3-. The number of hydrogen-bond acceptors (Lipinski definition) is 3. The number of allylic oxidation sites excluding steroid dienone is 1. The first-order chi connectivity index (χ1) is 16.8. The van der Waals surface area contributed by atoms with Gasteiger partial charge in [0.25, 0.3) is 0 Å². The summed E-state index contributed by atoms with van der Waals surface area (Å²) in [5, 5.41) is 10.7. The highest BCUT2D eigenvalue weighted by Gasteiger charge is 2.37. The van der Waals surface area contributed by atoms with E-state index in [1.807, 2.05) is 67.1 Å². The number of amides is 1. The van der Waals surface area contributed by atoms with Crippen molar-refractivity contribution >= 4 is 15.1 Å². The molecule has 1 aliphatic carbocycles. The number of carbonyl (C=O) groups is 1. The molecule has 7 heteroatoms. The summed E-state index contributed by atoms with van der Waals surface area (Å²) < 4.78 is 17.0. The van der Waals surface area contributed by atoms with Gasteiger partial charge in [-0.3, -0.25) is 9.78 Å². The monoisotopic (exact) mass is 493 g/mol. The summed E-state index contributed by atoms with van der Waals surface area (Å²) in [5.74, 6) is -0.546. The fourth-order valence-electron chi connectivity index (χ4n) is 4.56. The molecule has 0 aliphatic heterocycles. The van der Waals surface area contributed by atoms with Gasteiger partial charge < -0.3 is 14.6 Å². The minimum absolute atomic E-state index is 0.0304. The maximum atomic E-state index is 15.0. The Labute approximate surface area is 208 Å². The van der Waals surface area contributed by atoms with Crippen molar-refractivity contribution in [3.8, 4) is 5.69 Å². The van der Waals surface area contributed by atoms with Gasteiger partial charge >= 0.3 is 0 Å². The molecule has 35 heavy (non-hydrogen) atoms. The maximum absolute atomic E-state index is 15.0. The molecule has 1 aliphatic rings. The summed E-state index contributed by atoms with van der Waals surface area (Å²) in [6, 6.07) is 12.5. The van der Waals surface area contributed by atoms with Gasteiger partial charge in [0.15, 0.2) is 0 Å². The van der Waals surface area contributed by atoms with Gasteiger partial charge in [0.1, 0.15) is 11.4 Å². The molecule has 0 spiro atoms. The Morgan fingerprint density at radius 1 is 1.31 bits per heavy atom. The van der Waals surface area contributed by atoms with Crippen LogP contribution in [-0.2, 0) is 23.4 Å². The third-order valence-corrected chi connectivity index (χ3v) is 7.30. The van der Waals surface area contributed by atoms with Crippen LogP contribution in [-0.4, -0.2) is 37.7 Å². The van der Waals surface area contributed by atoms with Crippen LogP contribution in [0.1, 0.15) is 48.7 Å². The van der Waals surface area contributed by atoms with Gasteiger partial charge in [0, 0.05) is 30.3 Å². The zero-order valence-corrected chi connectivity index (χ0v) is 21.5. The van der Waals surface area contributed by atoms with Gasteiger partial charge in [-0.25, -0.2) is 4.39 Å². The van der Waals surface area contributed by atoms with Crippen molar-refractivity contribution in [1.82, 2.24) is 14.5 Å². The maximum Gasteiger partial charge on any atom is 0.227 e. The lowest BCUT2D eigenvalue weighted by molar-refractivity contribution is -0.132. The molecule has 4 rings (SSSR count). The Morgan fingerprint density at radius 3 is 2.71 bits per heavy atom. The number of nitrogens with zero attached hydrogens (tertiary/aromatic N) is 3. The zero-order chi connectivity index (χ0) is 25.0. The molecule has 0 saturated heterocycles. The lowest BCUT2D eigenvalue weighted by Crippen LogP contribution is -2.41. The van der Waals surface area contributed by atoms with Crippen LogP contribution >= 0.6 is 9.24 Å². The van der Waals surface area contributed by atoms with Crippen LogP contribution < -0.4 is 0 Å². The molecule has 5 nitrogen and oxygen atoms in total. The van der Waals surface area contributed by atoms with Gasteiger partial charge in [0.2, 0.25) is 5.91 Å². The lowest BCUT2D eigenvalue weighted by Gasteiger charge is -2.36. The molecule has 1 fully saturated rings. The summed E-state index contributed by atoms with van der Waals surface area (Å²) in [6.45, 7) is 4.25. The van der Waals surface area contributed by atoms with Gasteiger partial charge in [-0.15, -0.1) is 9.24 Å². The Morgan fingerprint density at radius 2 is 2.11 bits per heavy atom. The van der Waals surface area contributed by atoms with Crippen LogP contribution in [0.4, 0.5) is 4.39 Å². The molecule has 0 radical (unpaired) electrons. The summed E-state index contributed by atoms with van der Waals surface area (Å²) in [4.78, 5) is 19.7. The fraction of sp³-hybridized carbons (Fsp3) is 0.357. The Hall–Kier alpha value is -2.82. The Bertz CT molecular complexity index is 1220. The van der Waals surface area contributed by atoms with Crippen molar-refractivity contribution in [2.24, 2.45) is 0 Å². The SMILES string of the molecule is C/C=C\C(CP)N(Cc1ccnc(C2(O)CCC2)c1)C(=O)Cc1ccc(-n2cccc2C)cc1F. The molecule has 0 bridgehead atoms. The molecule has 1 aromatic carbocycles. The molecule has 1 N–H and O–H groups in total. The fourth-order valence-corrected chi connectivity index (χ4v) is 4.98. The van der Waals surface area contributed by atoms with E-state index < -0.39 is 11.4 Å². The number of aliphatic hydroxyl groups is 1. The Balaban J connectivity index is 1.57. The van der Waals surface area contributed by atoms with Gasteiger partial charge in [-0.1, -0.05) is 18.2 Å². The average Bonchev–Trinajstić information content (AvgIpc) is 3.27. The van der Waals surface area contributed by atoms with Crippen molar-refractivity contribution < 1.29 is 14.3 Å². The molecule has 2 heterocycles. The normalized spacial score (nSPS) is 15.7. The van der Waals surface area contributed by atoms with E-state index in [2.05, 4.69) is 14.2 Å². The third kappa shape index (κ3) is 5.55. The molecule has 1 saturated carbocycles. The van der Waals surface area contributed by atoms with E-state index in [1.54, 1.807) is 17.2 Å². The summed E-state index contributed by atoms with van der Waals surface area (Å²) in [6.07, 6.45) is 10.5. The second kappa shape index (κ2) is 10.8. The topological polar surface area (TPSA) is 58.4 Å². The second-order valence-corrected chi connectivity index (χ2v) is 9.73. The minimum atomic E-state index is -0.864. The molecule has 3 aromatic rings. The first-order valence-corrected chi connectivity index (χ1v) is 12.9. The van der Waals surface area contributed by atoms with Crippen molar-refractivity contribution in [2.75, 3.05) is 6.16 Å². The van der Waals surface area contributed by atoms with Crippen LogP contribution in [0.5, 0.6) is 0 Å². The number of benzene rings is 1. The highest BCUT2D eigenvalue weighted by molar-refractivity contribution is 7.16. The highest BCUT2D eigenvalue weighted by Crippen LogP contribution is 2.40. The number of aromatic nitrogens is 2. The third-order valence-electron chi connectivity index (χ3n) is 6.82. The van der Waals surface area contributed by atoms with Crippen LogP contribution in [0, 0.1) is 12.7 Å². The number of aryl methyl sites for hydroxylation is 1. The van der Waals surface area contributed by atoms with E-state index in [9.17, 15) is 9.90 Å². The first-order valence-electron chi connectivity index (χ1n) is 12.1. The summed E-state index contributed by atoms with van der Waals surface area (Å²) in [5.41, 5.74) is 2.80. The van der Waals surface area contributed by atoms with E-state index in [-0.39, 0.29) is 18.4 Å². The average molecular weight is 494 g/mol. The largest absolute Gasteiger partial charge is 0.384 e. The highest BCUT2D eigenvalue weighted by atomic mass is 31.0. The summed E-state index contributed by atoms with van der Waals surface area (Å²) in [7, 11) is 2.70. The molecule has 2 aromatic heterocycles. The predicted octanol–water partition coefficient (Wildman–Crippen LogP) is 5.08. The number of pyridine rings is 1. The van der Waals surface area contributed by atoms with Crippen molar-refractivity contribution in [2.45, 2.75) is 57.7 Å². The van der Waals surface area contributed by atoms with Gasteiger partial charge in [0.05, 0.1) is 18.2 Å². The molecular formula is C28H33FN3O2P. The van der Waals surface area contributed by atoms with Crippen molar-refractivity contribution in [3.05, 3.63) is 95.3 Å². The minimum Gasteiger partial charge on any atom is -0.384 e. The smallest absolute Gasteiger partial charge is 0.227 e. The molecule has 184 valence electrons. The second-order valence-electron chi connectivity index (χ2n) is 9.26. The molecular weight excluding hydrogens is 460 g/mol. The van der Waals surface area contributed by atoms with E-state index in [4.69, 9.17) is 0 Å². The summed E-state index contributed by atoms with van der Waals surface area (Å²) >= 11 is 0. The Kier molecular flexibility index (Phi) is 7.83. The zero-order valence-electron chi connectivity index (χ0n) is 20.3. The first kappa shape index (κ1) is 25.3. The van der Waals surface area contributed by atoms with Crippen molar-refractivity contribution in [3.63, 3.8) is 0 Å². The van der Waals surface area contributed by atoms with Crippen LogP contribution in [0.15, 0.2) is 67.0 Å².